The molecule has 2 N–H and O–H groups in total. The van der Waals surface area contributed by atoms with Crippen molar-refractivity contribution in [1.29, 1.82) is 0 Å². The number of ether oxygens (including phenoxy) is 1. The van der Waals surface area contributed by atoms with Crippen LogP contribution in [0, 0.1) is 5.92 Å². The zero-order valence-corrected chi connectivity index (χ0v) is 12.8. The van der Waals surface area contributed by atoms with Crippen LogP contribution < -0.4 is 5.73 Å². The molecule has 0 bridgehead atoms. The molecule has 15 heavy (non-hydrogen) atoms. The van der Waals surface area contributed by atoms with E-state index in [1.807, 2.05) is 0 Å². The van der Waals surface area contributed by atoms with E-state index >= 15 is 0 Å². The zero-order chi connectivity index (χ0) is 11.4. The van der Waals surface area contributed by atoms with Crippen molar-refractivity contribution in [3.05, 3.63) is 19.2 Å². The molecular weight excluding hydrogens is 342 g/mol. The zero-order valence-electron chi connectivity index (χ0n) is 8.80. The van der Waals surface area contributed by atoms with E-state index in [0.717, 1.165) is 20.6 Å². The van der Waals surface area contributed by atoms with Gasteiger partial charge in [0.1, 0.15) is 0 Å². The molecule has 0 saturated heterocycles. The number of halogens is 2. The minimum atomic E-state index is 0.0667. The van der Waals surface area contributed by atoms with E-state index in [1.165, 1.54) is 5.56 Å². The minimum absolute atomic E-state index is 0.0667. The first-order valence-corrected chi connectivity index (χ1v) is 7.15. The van der Waals surface area contributed by atoms with Crippen molar-refractivity contribution in [2.24, 2.45) is 11.7 Å². The van der Waals surface area contributed by atoms with Crippen LogP contribution >= 0.6 is 43.2 Å². The maximum atomic E-state index is 6.19. The van der Waals surface area contributed by atoms with E-state index in [-0.39, 0.29) is 6.04 Å². The van der Waals surface area contributed by atoms with Crippen molar-refractivity contribution in [2.75, 3.05) is 13.7 Å². The van der Waals surface area contributed by atoms with E-state index in [1.54, 1.807) is 18.4 Å². The highest BCUT2D eigenvalue weighted by Crippen LogP contribution is 2.37. The van der Waals surface area contributed by atoms with Crippen LogP contribution in [0.4, 0.5) is 0 Å². The van der Waals surface area contributed by atoms with Crippen LogP contribution in [-0.2, 0) is 4.74 Å². The van der Waals surface area contributed by atoms with Gasteiger partial charge in [-0.05, 0) is 55.8 Å². The molecule has 0 fully saturated rings. The first-order chi connectivity index (χ1) is 7.06. The fraction of sp³-hybridized carbons (Fsp3) is 0.600. The van der Waals surface area contributed by atoms with Crippen LogP contribution in [-0.4, -0.2) is 13.7 Å². The van der Waals surface area contributed by atoms with Crippen molar-refractivity contribution in [2.45, 2.75) is 19.4 Å². The average molecular weight is 357 g/mol. The Bertz CT molecular complexity index is 316. The van der Waals surface area contributed by atoms with Crippen LogP contribution in [0.2, 0.25) is 0 Å². The van der Waals surface area contributed by atoms with E-state index in [4.69, 9.17) is 10.5 Å². The van der Waals surface area contributed by atoms with Gasteiger partial charge in [0, 0.05) is 19.8 Å². The van der Waals surface area contributed by atoms with Gasteiger partial charge in [-0.15, -0.1) is 11.3 Å². The molecule has 2 atom stereocenters. The number of methoxy groups -OCH3 is 1. The van der Waals surface area contributed by atoms with Crippen LogP contribution in [0.5, 0.6) is 0 Å². The Kier molecular flexibility index (Phi) is 5.77. The van der Waals surface area contributed by atoms with Crippen molar-refractivity contribution in [1.82, 2.24) is 0 Å². The maximum absolute atomic E-state index is 6.19. The lowest BCUT2D eigenvalue weighted by molar-refractivity contribution is 0.174. The molecule has 2 nitrogen and oxygen atoms in total. The third-order valence-corrected chi connectivity index (χ3v) is 4.82. The van der Waals surface area contributed by atoms with Gasteiger partial charge in [-0.3, -0.25) is 0 Å². The first-order valence-electron chi connectivity index (χ1n) is 4.75. The summed E-state index contributed by atoms with van der Waals surface area (Å²) in [6.07, 6.45) is 0.984. The second kappa shape index (κ2) is 6.35. The Hall–Kier alpha value is 0.580. The highest BCUT2D eigenvalue weighted by Gasteiger charge is 2.19. The summed E-state index contributed by atoms with van der Waals surface area (Å²) < 4.78 is 7.29. The average Bonchev–Trinajstić information content (AvgIpc) is 2.53. The number of hydrogen-bond donors (Lipinski definition) is 1. The summed E-state index contributed by atoms with van der Waals surface area (Å²) in [6, 6.07) is 2.15. The van der Waals surface area contributed by atoms with E-state index in [9.17, 15) is 0 Å². The van der Waals surface area contributed by atoms with Gasteiger partial charge in [-0.25, -0.2) is 0 Å². The maximum Gasteiger partial charge on any atom is 0.0758 e. The molecular formula is C10H15Br2NOS. The van der Waals surface area contributed by atoms with Gasteiger partial charge >= 0.3 is 0 Å². The quantitative estimate of drug-likeness (QED) is 0.866. The lowest BCUT2D eigenvalue weighted by atomic mass is 9.95. The molecule has 0 saturated carbocycles. The Labute approximate surface area is 111 Å². The Balaban J connectivity index is 2.66. The molecule has 1 heterocycles. The summed E-state index contributed by atoms with van der Waals surface area (Å²) in [6.45, 7) is 2.92. The van der Waals surface area contributed by atoms with Crippen molar-refractivity contribution in [3.8, 4) is 0 Å². The van der Waals surface area contributed by atoms with Crippen molar-refractivity contribution in [3.63, 3.8) is 0 Å². The fourth-order valence-electron chi connectivity index (χ4n) is 1.37. The van der Waals surface area contributed by atoms with Crippen LogP contribution in [0.3, 0.4) is 0 Å². The van der Waals surface area contributed by atoms with Crippen molar-refractivity contribution < 1.29 is 4.74 Å². The summed E-state index contributed by atoms with van der Waals surface area (Å²) in [5.41, 5.74) is 7.37. The molecule has 1 aromatic heterocycles. The number of thiophene rings is 1. The summed E-state index contributed by atoms with van der Waals surface area (Å²) >= 11 is 8.65. The van der Waals surface area contributed by atoms with Gasteiger partial charge in [0.15, 0.2) is 0 Å². The molecule has 0 radical (unpaired) electrons. The predicted octanol–water partition coefficient (Wildman–Crippen LogP) is 3.95. The van der Waals surface area contributed by atoms with Crippen LogP contribution in [0.25, 0.3) is 0 Å². The molecule has 0 spiro atoms. The van der Waals surface area contributed by atoms with Gasteiger partial charge in [0.05, 0.1) is 7.57 Å². The molecule has 0 aliphatic carbocycles. The molecule has 0 aliphatic rings. The lowest BCUT2D eigenvalue weighted by Crippen LogP contribution is -2.20. The molecule has 0 aromatic carbocycles. The number of rotatable bonds is 5. The molecule has 1 rings (SSSR count). The first kappa shape index (κ1) is 13.6. The normalized spacial score (nSPS) is 15.3. The van der Waals surface area contributed by atoms with Gasteiger partial charge in [-0.2, -0.15) is 0 Å². The molecule has 0 amide bonds. The Morgan fingerprint density at radius 1 is 1.53 bits per heavy atom. The van der Waals surface area contributed by atoms with Crippen LogP contribution in [0.1, 0.15) is 24.9 Å². The molecule has 86 valence electrons. The highest BCUT2D eigenvalue weighted by atomic mass is 79.9. The molecule has 1 aromatic rings. The summed E-state index contributed by atoms with van der Waals surface area (Å²) in [4.78, 5) is 0. The van der Waals surface area contributed by atoms with Gasteiger partial charge in [-0.1, -0.05) is 6.92 Å². The smallest absolute Gasteiger partial charge is 0.0758 e. The highest BCUT2D eigenvalue weighted by molar-refractivity contribution is 9.12. The molecule has 0 aliphatic heterocycles. The second-order valence-corrected chi connectivity index (χ2v) is 7.31. The van der Waals surface area contributed by atoms with E-state index < -0.39 is 0 Å². The Morgan fingerprint density at radius 3 is 2.67 bits per heavy atom. The summed E-state index contributed by atoms with van der Waals surface area (Å²) in [7, 11) is 1.72. The SMILES string of the molecule is COCCC(C)C(N)c1cc(Br)sc1Br. The van der Waals surface area contributed by atoms with Gasteiger partial charge in [0.2, 0.25) is 0 Å². The third-order valence-electron chi connectivity index (χ3n) is 2.43. The summed E-state index contributed by atoms with van der Waals surface area (Å²) in [5.74, 6) is 0.419. The number of nitrogens with two attached hydrogens (primary N) is 1. The van der Waals surface area contributed by atoms with Gasteiger partial charge in [0.25, 0.3) is 0 Å². The van der Waals surface area contributed by atoms with Gasteiger partial charge < -0.3 is 10.5 Å². The monoisotopic (exact) mass is 355 g/mol. The topological polar surface area (TPSA) is 35.2 Å². The standard InChI is InChI=1S/C10H15Br2NOS/c1-6(3-4-14-2)9(13)7-5-8(11)15-10(7)12/h5-6,9H,3-4,13H2,1-2H3. The van der Waals surface area contributed by atoms with Crippen LogP contribution in [0.15, 0.2) is 13.6 Å². The largest absolute Gasteiger partial charge is 0.385 e. The minimum Gasteiger partial charge on any atom is -0.385 e. The Morgan fingerprint density at radius 2 is 2.20 bits per heavy atom. The lowest BCUT2D eigenvalue weighted by Gasteiger charge is -2.19. The van der Waals surface area contributed by atoms with Crippen molar-refractivity contribution >= 4 is 43.2 Å². The number of hydrogen-bond acceptors (Lipinski definition) is 3. The second-order valence-electron chi connectivity index (χ2n) is 3.56. The summed E-state index contributed by atoms with van der Waals surface area (Å²) in [5, 5.41) is 0. The fourth-order valence-corrected chi connectivity index (χ4v) is 4.33. The van der Waals surface area contributed by atoms with E-state index in [0.29, 0.717) is 5.92 Å². The molecule has 2 unspecified atom stereocenters. The third kappa shape index (κ3) is 3.82. The predicted molar refractivity (Wildman–Crippen MR) is 72.3 cm³/mol. The molecule has 5 heteroatoms. The van der Waals surface area contributed by atoms with E-state index in [2.05, 4.69) is 44.8 Å².